The Morgan fingerprint density at radius 3 is 2.90 bits per heavy atom. The summed E-state index contributed by atoms with van der Waals surface area (Å²) in [6, 6.07) is 1.99. The van der Waals surface area contributed by atoms with Gasteiger partial charge in [-0.3, -0.25) is 0 Å². The first-order valence-electron chi connectivity index (χ1n) is 2.78. The molecule has 0 aliphatic carbocycles. The van der Waals surface area contributed by atoms with E-state index in [-0.39, 0.29) is 0 Å². The van der Waals surface area contributed by atoms with Crippen molar-refractivity contribution in [3.05, 3.63) is 10.3 Å². The molecule has 1 aromatic heterocycles. The molecule has 1 heterocycles. The third kappa shape index (κ3) is 1.02. The van der Waals surface area contributed by atoms with E-state index in [1.165, 1.54) is 4.68 Å². The van der Waals surface area contributed by atoms with Crippen molar-refractivity contribution >= 4 is 15.9 Å². The fraction of sp³-hybridized carbons (Fsp3) is 0.400. The van der Waals surface area contributed by atoms with E-state index in [4.69, 9.17) is 5.26 Å². The van der Waals surface area contributed by atoms with Gasteiger partial charge in [-0.1, -0.05) is 5.21 Å². The monoisotopic (exact) mass is 200 g/mol. The number of aryl methyl sites for hydroxylation is 1. The van der Waals surface area contributed by atoms with E-state index in [1.807, 2.05) is 13.0 Å². The van der Waals surface area contributed by atoms with Crippen LogP contribution in [-0.2, 0) is 6.54 Å². The Balaban J connectivity index is 3.17. The van der Waals surface area contributed by atoms with E-state index in [2.05, 4.69) is 26.2 Å². The molecule has 1 aromatic rings. The minimum Gasteiger partial charge on any atom is -0.234 e. The summed E-state index contributed by atoms with van der Waals surface area (Å²) in [4.78, 5) is 0. The molecule has 0 aliphatic heterocycles. The van der Waals surface area contributed by atoms with Crippen LogP contribution in [0.5, 0.6) is 0 Å². The fourth-order valence-electron chi connectivity index (χ4n) is 0.617. The van der Waals surface area contributed by atoms with Gasteiger partial charge in [-0.2, -0.15) is 5.26 Å². The second kappa shape index (κ2) is 2.80. The van der Waals surface area contributed by atoms with Gasteiger partial charge in [0.1, 0.15) is 6.07 Å². The van der Waals surface area contributed by atoms with E-state index in [0.29, 0.717) is 16.8 Å². The Hall–Kier alpha value is -0.890. The van der Waals surface area contributed by atoms with Gasteiger partial charge in [0.25, 0.3) is 0 Å². The van der Waals surface area contributed by atoms with Gasteiger partial charge < -0.3 is 0 Å². The Labute approximate surface area is 66.6 Å². The molecule has 0 aliphatic rings. The zero-order valence-electron chi connectivity index (χ0n) is 5.37. The van der Waals surface area contributed by atoms with E-state index in [9.17, 15) is 0 Å². The van der Waals surface area contributed by atoms with Gasteiger partial charge in [0.2, 0.25) is 0 Å². The average Bonchev–Trinajstić information content (AvgIpc) is 2.30. The van der Waals surface area contributed by atoms with Crippen molar-refractivity contribution < 1.29 is 0 Å². The Morgan fingerprint density at radius 2 is 2.50 bits per heavy atom. The van der Waals surface area contributed by atoms with E-state index in [1.54, 1.807) is 0 Å². The maximum atomic E-state index is 8.54. The molecule has 0 bridgehead atoms. The quantitative estimate of drug-likeness (QED) is 0.679. The number of nitriles is 1. The first-order valence-corrected chi connectivity index (χ1v) is 3.58. The zero-order chi connectivity index (χ0) is 7.56. The Morgan fingerprint density at radius 1 is 1.80 bits per heavy atom. The zero-order valence-corrected chi connectivity index (χ0v) is 6.96. The summed E-state index contributed by atoms with van der Waals surface area (Å²) in [6.07, 6.45) is 0. The predicted molar refractivity (Wildman–Crippen MR) is 38.1 cm³/mol. The van der Waals surface area contributed by atoms with Crippen LogP contribution < -0.4 is 0 Å². The van der Waals surface area contributed by atoms with Crippen molar-refractivity contribution in [2.24, 2.45) is 0 Å². The average molecular weight is 201 g/mol. The van der Waals surface area contributed by atoms with Crippen LogP contribution >= 0.6 is 15.9 Å². The predicted octanol–water partition coefficient (Wildman–Crippen LogP) is 0.932. The minimum absolute atomic E-state index is 0.475. The third-order valence-corrected chi connectivity index (χ3v) is 1.63. The summed E-state index contributed by atoms with van der Waals surface area (Å²) in [5, 5.41) is 15.9. The van der Waals surface area contributed by atoms with Gasteiger partial charge in [-0.15, -0.1) is 5.10 Å². The molecule has 0 N–H and O–H groups in total. The summed E-state index contributed by atoms with van der Waals surface area (Å²) in [7, 11) is 0. The minimum atomic E-state index is 0.475. The lowest BCUT2D eigenvalue weighted by Crippen LogP contribution is -1.99. The molecule has 1 rings (SSSR count). The Bertz CT molecular complexity index is 272. The van der Waals surface area contributed by atoms with E-state index >= 15 is 0 Å². The molecule has 4 nitrogen and oxygen atoms in total. The Kier molecular flexibility index (Phi) is 2.02. The molecule has 0 aromatic carbocycles. The van der Waals surface area contributed by atoms with Gasteiger partial charge in [0.05, 0.1) is 0 Å². The van der Waals surface area contributed by atoms with Crippen molar-refractivity contribution in [1.82, 2.24) is 15.0 Å². The summed E-state index contributed by atoms with van der Waals surface area (Å²) >= 11 is 3.10. The molecule has 5 heteroatoms. The number of hydrogen-bond acceptors (Lipinski definition) is 3. The number of halogens is 1. The van der Waals surface area contributed by atoms with Crippen LogP contribution in [0.25, 0.3) is 0 Å². The maximum absolute atomic E-state index is 8.54. The maximum Gasteiger partial charge on any atom is 0.173 e. The molecular formula is C5H5BrN4. The second-order valence-corrected chi connectivity index (χ2v) is 2.41. The van der Waals surface area contributed by atoms with Gasteiger partial charge in [0.15, 0.2) is 10.3 Å². The van der Waals surface area contributed by atoms with Crippen LogP contribution in [0, 0.1) is 11.3 Å². The van der Waals surface area contributed by atoms with Crippen molar-refractivity contribution in [3.63, 3.8) is 0 Å². The summed E-state index contributed by atoms with van der Waals surface area (Å²) in [6.45, 7) is 2.57. The van der Waals surface area contributed by atoms with Crippen molar-refractivity contribution in [2.75, 3.05) is 0 Å². The first kappa shape index (κ1) is 7.22. The second-order valence-electron chi connectivity index (χ2n) is 1.66. The SMILES string of the molecule is CCn1nnc(Br)c1C#N. The smallest absolute Gasteiger partial charge is 0.173 e. The summed E-state index contributed by atoms with van der Waals surface area (Å²) in [5.74, 6) is 0. The molecule has 0 saturated carbocycles. The molecule has 0 atom stereocenters. The normalized spacial score (nSPS) is 9.30. The van der Waals surface area contributed by atoms with Gasteiger partial charge in [-0.25, -0.2) is 4.68 Å². The molecule has 0 spiro atoms. The lowest BCUT2D eigenvalue weighted by molar-refractivity contribution is 0.620. The molecular weight excluding hydrogens is 196 g/mol. The highest BCUT2D eigenvalue weighted by Crippen LogP contribution is 2.10. The van der Waals surface area contributed by atoms with E-state index in [0.717, 1.165) is 0 Å². The molecule has 52 valence electrons. The number of rotatable bonds is 1. The van der Waals surface area contributed by atoms with Crippen LogP contribution in [0.2, 0.25) is 0 Å². The van der Waals surface area contributed by atoms with Crippen LogP contribution in [0.1, 0.15) is 12.6 Å². The molecule has 0 saturated heterocycles. The van der Waals surface area contributed by atoms with Crippen LogP contribution in [0.4, 0.5) is 0 Å². The van der Waals surface area contributed by atoms with Crippen molar-refractivity contribution in [3.8, 4) is 6.07 Å². The highest BCUT2D eigenvalue weighted by atomic mass is 79.9. The molecule has 0 fully saturated rings. The third-order valence-electron chi connectivity index (χ3n) is 1.10. The number of nitrogens with zero attached hydrogens (tertiary/aromatic N) is 4. The van der Waals surface area contributed by atoms with E-state index < -0.39 is 0 Å². The van der Waals surface area contributed by atoms with Crippen LogP contribution in [0.3, 0.4) is 0 Å². The lowest BCUT2D eigenvalue weighted by atomic mass is 10.5. The molecule has 0 radical (unpaired) electrons. The van der Waals surface area contributed by atoms with Crippen LogP contribution in [-0.4, -0.2) is 15.0 Å². The van der Waals surface area contributed by atoms with Gasteiger partial charge >= 0.3 is 0 Å². The molecule has 0 amide bonds. The topological polar surface area (TPSA) is 54.5 Å². The first-order chi connectivity index (χ1) is 4.79. The molecule has 0 unspecified atom stereocenters. The standard InChI is InChI=1S/C5H5BrN4/c1-2-10-4(3-7)5(6)8-9-10/h2H2,1H3. The summed E-state index contributed by atoms with van der Waals surface area (Å²) < 4.78 is 2.04. The van der Waals surface area contributed by atoms with Gasteiger partial charge in [0, 0.05) is 6.54 Å². The van der Waals surface area contributed by atoms with Crippen LogP contribution in [0.15, 0.2) is 4.60 Å². The van der Waals surface area contributed by atoms with Gasteiger partial charge in [-0.05, 0) is 22.9 Å². The summed E-state index contributed by atoms with van der Waals surface area (Å²) in [5.41, 5.74) is 0.475. The number of aromatic nitrogens is 3. The largest absolute Gasteiger partial charge is 0.234 e. The fourth-order valence-corrected chi connectivity index (χ4v) is 0.981. The highest BCUT2D eigenvalue weighted by molar-refractivity contribution is 9.10. The van der Waals surface area contributed by atoms with Crippen molar-refractivity contribution in [1.29, 1.82) is 5.26 Å². The van der Waals surface area contributed by atoms with Crippen molar-refractivity contribution in [2.45, 2.75) is 13.5 Å². The molecule has 10 heavy (non-hydrogen) atoms. The lowest BCUT2D eigenvalue weighted by Gasteiger charge is -1.91. The number of hydrogen-bond donors (Lipinski definition) is 0. The highest BCUT2D eigenvalue weighted by Gasteiger charge is 2.06.